The maximum atomic E-state index is 2.16. The molecule has 1 rings (SSSR count). The zero-order valence-electron chi connectivity index (χ0n) is 9.20. The predicted octanol–water partition coefficient (Wildman–Crippen LogP) is 3.21. The average molecular weight is 288 g/mol. The van der Waals surface area contributed by atoms with E-state index in [4.69, 9.17) is 0 Å². The summed E-state index contributed by atoms with van der Waals surface area (Å²) in [4.78, 5) is 2.16. The molecule has 0 radical (unpaired) electrons. The van der Waals surface area contributed by atoms with E-state index in [2.05, 4.69) is 51.0 Å². The average Bonchev–Trinajstić information content (AvgIpc) is 1.85. The van der Waals surface area contributed by atoms with Crippen molar-refractivity contribution in [1.82, 2.24) is 0 Å². The quantitative estimate of drug-likeness (QED) is 0.717. The van der Waals surface area contributed by atoms with Gasteiger partial charge >= 0.3 is 0 Å². The second-order valence-corrected chi connectivity index (χ2v) is 3.13. The smallest absolute Gasteiger partial charge is 0.0420 e. The van der Waals surface area contributed by atoms with E-state index in [9.17, 15) is 0 Å². The Balaban J connectivity index is -0.000000403. The summed E-state index contributed by atoms with van der Waals surface area (Å²) >= 11 is 0. The van der Waals surface area contributed by atoms with E-state index >= 15 is 0 Å². The molecular weight excluding hydrogens is 270 g/mol. The van der Waals surface area contributed by atoms with Gasteiger partial charge in [-0.1, -0.05) is 18.2 Å². The summed E-state index contributed by atoms with van der Waals surface area (Å²) in [5.41, 5.74) is 4.03. The fraction of sp³-hybridized carbons (Fsp3) is 0.400. The number of halogens is 2. The van der Waals surface area contributed by atoms with Crippen LogP contribution in [-0.4, -0.2) is 14.1 Å². The monoisotopic (exact) mass is 285 g/mol. The van der Waals surface area contributed by atoms with Gasteiger partial charge in [0, 0.05) is 39.3 Å². The largest absolute Gasteiger partial charge is 0.377 e. The van der Waals surface area contributed by atoms with E-state index in [1.54, 1.807) is 0 Å². The van der Waals surface area contributed by atoms with Crippen molar-refractivity contribution in [3.63, 3.8) is 0 Å². The summed E-state index contributed by atoms with van der Waals surface area (Å²) in [7, 11) is 4.16. The Hall–Kier alpha value is 0.223. The summed E-state index contributed by atoms with van der Waals surface area (Å²) in [5, 5.41) is 0. The van der Waals surface area contributed by atoms with Gasteiger partial charge in [0.1, 0.15) is 0 Å². The first-order valence-corrected chi connectivity index (χ1v) is 3.86. The van der Waals surface area contributed by atoms with Crippen molar-refractivity contribution in [2.45, 2.75) is 13.8 Å². The van der Waals surface area contributed by atoms with Gasteiger partial charge in [-0.3, -0.25) is 0 Å². The number of para-hydroxylation sites is 1. The predicted molar refractivity (Wildman–Crippen MR) is 64.7 cm³/mol. The molecule has 0 heterocycles. The molecule has 0 amide bonds. The van der Waals surface area contributed by atoms with E-state index in [1.165, 1.54) is 16.8 Å². The van der Waals surface area contributed by atoms with Crippen LogP contribution in [0.25, 0.3) is 0 Å². The maximum absolute atomic E-state index is 2.16. The third-order valence-electron chi connectivity index (χ3n) is 1.89. The summed E-state index contributed by atoms with van der Waals surface area (Å²) in [5.74, 6) is 0. The van der Waals surface area contributed by atoms with E-state index in [-0.39, 0.29) is 44.3 Å². The Morgan fingerprint density at radius 2 is 1.29 bits per heavy atom. The second-order valence-electron chi connectivity index (χ2n) is 3.13. The minimum Gasteiger partial charge on any atom is -0.377 e. The summed E-state index contributed by atoms with van der Waals surface area (Å²) in [6.07, 6.45) is 0. The number of hydrogen-bond donors (Lipinski definition) is 0. The molecule has 1 aromatic carbocycles. The SMILES string of the molecule is Cc1cccc(C)c1N(C)C.Cl.Cl.[Zn]. The van der Waals surface area contributed by atoms with Crippen molar-refractivity contribution in [3.05, 3.63) is 29.3 Å². The Labute approximate surface area is 112 Å². The van der Waals surface area contributed by atoms with Crippen LogP contribution in [0.15, 0.2) is 18.2 Å². The molecule has 0 aromatic heterocycles. The molecule has 0 N–H and O–H groups in total. The van der Waals surface area contributed by atoms with E-state index in [1.807, 2.05) is 0 Å². The number of benzene rings is 1. The first-order valence-electron chi connectivity index (χ1n) is 3.86. The third kappa shape index (κ3) is 4.64. The first kappa shape index (κ1) is 19.7. The van der Waals surface area contributed by atoms with Crippen molar-refractivity contribution in [2.24, 2.45) is 0 Å². The fourth-order valence-corrected chi connectivity index (χ4v) is 1.51. The Morgan fingerprint density at radius 1 is 0.929 bits per heavy atom. The van der Waals surface area contributed by atoms with Crippen LogP contribution in [0.3, 0.4) is 0 Å². The van der Waals surface area contributed by atoms with Crippen molar-refractivity contribution in [1.29, 1.82) is 0 Å². The summed E-state index contributed by atoms with van der Waals surface area (Å²) in [6.45, 7) is 4.28. The third-order valence-corrected chi connectivity index (χ3v) is 1.89. The van der Waals surface area contributed by atoms with Gasteiger partial charge in [-0.25, -0.2) is 0 Å². The van der Waals surface area contributed by atoms with Gasteiger partial charge in [0.05, 0.1) is 0 Å². The van der Waals surface area contributed by atoms with E-state index in [0.717, 1.165) is 0 Å². The number of aryl methyl sites for hydroxylation is 2. The number of rotatable bonds is 1. The van der Waals surface area contributed by atoms with Crippen LogP contribution in [0.1, 0.15) is 11.1 Å². The number of anilines is 1. The van der Waals surface area contributed by atoms with Crippen molar-refractivity contribution in [2.75, 3.05) is 19.0 Å². The second kappa shape index (κ2) is 8.53. The van der Waals surface area contributed by atoms with Crippen LogP contribution in [-0.2, 0) is 19.5 Å². The molecule has 0 atom stereocenters. The van der Waals surface area contributed by atoms with Crippen molar-refractivity contribution >= 4 is 30.5 Å². The van der Waals surface area contributed by atoms with Crippen molar-refractivity contribution < 1.29 is 19.5 Å². The molecule has 0 spiro atoms. The first-order chi connectivity index (χ1) is 5.13. The van der Waals surface area contributed by atoms with Gasteiger partial charge in [0.2, 0.25) is 0 Å². The van der Waals surface area contributed by atoms with Crippen LogP contribution < -0.4 is 4.90 Å². The molecule has 1 nitrogen and oxygen atoms in total. The molecule has 0 unspecified atom stereocenters. The molecule has 0 saturated carbocycles. The summed E-state index contributed by atoms with van der Waals surface area (Å²) < 4.78 is 0. The minimum absolute atomic E-state index is 0. The van der Waals surface area contributed by atoms with Crippen molar-refractivity contribution in [3.8, 4) is 0 Å². The normalized spacial score (nSPS) is 7.71. The number of nitrogens with zero attached hydrogens (tertiary/aromatic N) is 1. The van der Waals surface area contributed by atoms with Crippen LogP contribution in [0.4, 0.5) is 5.69 Å². The Bertz CT molecular complexity index is 244. The fourth-order valence-electron chi connectivity index (χ4n) is 1.51. The van der Waals surface area contributed by atoms with E-state index < -0.39 is 0 Å². The number of hydrogen-bond acceptors (Lipinski definition) is 1. The Kier molecular flexibility index (Phi) is 12.0. The molecule has 14 heavy (non-hydrogen) atoms. The molecule has 4 heteroatoms. The van der Waals surface area contributed by atoms with Crippen LogP contribution in [0.5, 0.6) is 0 Å². The minimum atomic E-state index is 0. The van der Waals surface area contributed by atoms with Gasteiger partial charge in [0.15, 0.2) is 0 Å². The van der Waals surface area contributed by atoms with Gasteiger partial charge in [-0.2, -0.15) is 0 Å². The molecule has 0 aliphatic rings. The van der Waals surface area contributed by atoms with Gasteiger partial charge in [-0.15, -0.1) is 24.8 Å². The van der Waals surface area contributed by atoms with Gasteiger partial charge < -0.3 is 4.90 Å². The zero-order valence-corrected chi connectivity index (χ0v) is 13.8. The maximum Gasteiger partial charge on any atom is 0.0420 e. The molecule has 78 valence electrons. The zero-order chi connectivity index (χ0) is 8.43. The van der Waals surface area contributed by atoms with E-state index in [0.29, 0.717) is 0 Å². The molecule has 1 aromatic rings. The molecule has 0 aliphatic carbocycles. The van der Waals surface area contributed by atoms with Crippen LogP contribution >= 0.6 is 24.8 Å². The molecule has 0 bridgehead atoms. The molecule has 0 saturated heterocycles. The molecule has 0 aliphatic heterocycles. The van der Waals surface area contributed by atoms with Crippen LogP contribution in [0.2, 0.25) is 0 Å². The summed E-state index contributed by atoms with van der Waals surface area (Å²) in [6, 6.07) is 6.38. The molecular formula is C10H17Cl2NZn. The van der Waals surface area contributed by atoms with Gasteiger partial charge in [0.25, 0.3) is 0 Å². The Morgan fingerprint density at radius 3 is 1.50 bits per heavy atom. The standard InChI is InChI=1S/C10H15N.2ClH.Zn/c1-8-6-5-7-9(2)10(8)11(3)4;;;/h5-7H,1-4H3;2*1H;. The van der Waals surface area contributed by atoms with Gasteiger partial charge in [-0.05, 0) is 25.0 Å². The molecule has 0 fully saturated rings. The topological polar surface area (TPSA) is 3.24 Å². The van der Waals surface area contributed by atoms with Crippen LogP contribution in [0, 0.1) is 13.8 Å².